The van der Waals surface area contributed by atoms with Crippen LogP contribution in [0.2, 0.25) is 0 Å². The van der Waals surface area contributed by atoms with Gasteiger partial charge in [0.15, 0.2) is 0 Å². The average molecular weight is 418 g/mol. The number of anilines is 1. The van der Waals surface area contributed by atoms with Crippen molar-refractivity contribution >= 4 is 15.7 Å². The molecule has 0 radical (unpaired) electrons. The van der Waals surface area contributed by atoms with Gasteiger partial charge in [-0.15, -0.1) is 0 Å². The van der Waals surface area contributed by atoms with E-state index in [0.29, 0.717) is 12.4 Å². The minimum Gasteiger partial charge on any atom is -0.492 e. The zero-order valence-electron chi connectivity index (χ0n) is 17.8. The lowest BCUT2D eigenvalue weighted by molar-refractivity contribution is 0.200. The van der Waals surface area contributed by atoms with Gasteiger partial charge in [0.1, 0.15) is 12.4 Å². The molecule has 0 spiro atoms. The highest BCUT2D eigenvalue weighted by Crippen LogP contribution is 2.24. The monoisotopic (exact) mass is 417 g/mol. The minimum atomic E-state index is -3.40. The predicted molar refractivity (Wildman–Crippen MR) is 117 cm³/mol. The van der Waals surface area contributed by atoms with E-state index in [1.165, 1.54) is 35.2 Å². The summed E-state index contributed by atoms with van der Waals surface area (Å²) in [5, 5.41) is 0. The van der Waals surface area contributed by atoms with Crippen LogP contribution in [0.3, 0.4) is 0 Å². The number of hydrogen-bond acceptors (Lipinski definition) is 5. The number of aryl methyl sites for hydroxylation is 1. The lowest BCUT2D eigenvalue weighted by atomic mass is 10.1. The first-order valence-corrected chi connectivity index (χ1v) is 11.4. The van der Waals surface area contributed by atoms with Crippen molar-refractivity contribution in [3.8, 4) is 5.75 Å². The zero-order chi connectivity index (χ0) is 21.0. The Morgan fingerprint density at radius 2 is 1.62 bits per heavy atom. The Kier molecular flexibility index (Phi) is 6.82. The van der Waals surface area contributed by atoms with Gasteiger partial charge in [-0.3, -0.25) is 4.90 Å². The molecule has 158 valence electrons. The van der Waals surface area contributed by atoms with Crippen molar-refractivity contribution in [1.29, 1.82) is 0 Å². The second kappa shape index (κ2) is 9.15. The minimum absolute atomic E-state index is 0.275. The van der Waals surface area contributed by atoms with E-state index in [9.17, 15) is 8.42 Å². The molecule has 0 saturated carbocycles. The maximum absolute atomic E-state index is 12.1. The summed E-state index contributed by atoms with van der Waals surface area (Å²) in [6.07, 6.45) is 0. The van der Waals surface area contributed by atoms with Crippen LogP contribution in [-0.2, 0) is 10.0 Å². The lowest BCUT2D eigenvalue weighted by Crippen LogP contribution is -2.47. The molecule has 3 rings (SSSR count). The van der Waals surface area contributed by atoms with Crippen molar-refractivity contribution in [3.63, 3.8) is 0 Å². The lowest BCUT2D eigenvalue weighted by Gasteiger charge is -2.37. The molecule has 1 saturated heterocycles. The largest absolute Gasteiger partial charge is 0.492 e. The Morgan fingerprint density at radius 1 is 0.966 bits per heavy atom. The van der Waals surface area contributed by atoms with Gasteiger partial charge < -0.3 is 9.64 Å². The Hall–Kier alpha value is -2.09. The van der Waals surface area contributed by atoms with E-state index in [-0.39, 0.29) is 4.90 Å². The van der Waals surface area contributed by atoms with Crippen LogP contribution in [0.1, 0.15) is 11.1 Å². The summed E-state index contributed by atoms with van der Waals surface area (Å²) >= 11 is 0. The number of rotatable bonds is 7. The number of nitrogens with zero attached hydrogens (tertiary/aromatic N) is 3. The van der Waals surface area contributed by atoms with Crippen molar-refractivity contribution in [1.82, 2.24) is 9.21 Å². The molecule has 0 unspecified atom stereocenters. The molecule has 0 bridgehead atoms. The standard InChI is InChI=1S/C22H31N3O3S/c1-18-6-5-7-22(19(18)2)25-14-12-24(13-15-25)16-17-28-20-8-10-21(11-9-20)29(26,27)23(3)4/h5-11H,12-17H2,1-4H3. The normalized spacial score (nSPS) is 15.7. The van der Waals surface area contributed by atoms with Crippen LogP contribution in [0.25, 0.3) is 0 Å². The molecule has 7 heteroatoms. The zero-order valence-corrected chi connectivity index (χ0v) is 18.6. The summed E-state index contributed by atoms with van der Waals surface area (Å²) in [4.78, 5) is 5.15. The van der Waals surface area contributed by atoms with E-state index in [1.54, 1.807) is 24.3 Å². The third-order valence-electron chi connectivity index (χ3n) is 5.57. The maximum atomic E-state index is 12.1. The van der Waals surface area contributed by atoms with Gasteiger partial charge in [0.05, 0.1) is 4.90 Å². The van der Waals surface area contributed by atoms with Gasteiger partial charge in [-0.05, 0) is 55.3 Å². The fourth-order valence-corrected chi connectivity index (χ4v) is 4.40. The van der Waals surface area contributed by atoms with E-state index in [2.05, 4.69) is 41.8 Å². The van der Waals surface area contributed by atoms with Crippen LogP contribution in [0.15, 0.2) is 47.4 Å². The molecule has 0 atom stereocenters. The van der Waals surface area contributed by atoms with Crippen LogP contribution >= 0.6 is 0 Å². The van der Waals surface area contributed by atoms with Gasteiger partial charge in [-0.2, -0.15) is 0 Å². The molecular weight excluding hydrogens is 386 g/mol. The van der Waals surface area contributed by atoms with Crippen LogP contribution in [-0.4, -0.2) is 71.0 Å². The molecular formula is C22H31N3O3S. The molecule has 1 aliphatic heterocycles. The SMILES string of the molecule is Cc1cccc(N2CCN(CCOc3ccc(S(=O)(=O)N(C)C)cc3)CC2)c1C. The number of piperazine rings is 1. The molecule has 0 amide bonds. The molecule has 2 aromatic carbocycles. The fraction of sp³-hybridized carbons (Fsp3) is 0.455. The maximum Gasteiger partial charge on any atom is 0.242 e. The quantitative estimate of drug-likeness (QED) is 0.693. The summed E-state index contributed by atoms with van der Waals surface area (Å²) in [6, 6.07) is 13.1. The smallest absolute Gasteiger partial charge is 0.242 e. The Balaban J connectivity index is 1.46. The molecule has 0 N–H and O–H groups in total. The van der Waals surface area contributed by atoms with E-state index < -0.39 is 10.0 Å². The van der Waals surface area contributed by atoms with Crippen LogP contribution in [0.5, 0.6) is 5.75 Å². The third-order valence-corrected chi connectivity index (χ3v) is 7.40. The molecule has 1 fully saturated rings. The highest BCUT2D eigenvalue weighted by Gasteiger charge is 2.19. The highest BCUT2D eigenvalue weighted by atomic mass is 32.2. The average Bonchev–Trinajstić information content (AvgIpc) is 2.71. The second-order valence-electron chi connectivity index (χ2n) is 7.66. The van der Waals surface area contributed by atoms with Gasteiger partial charge in [-0.25, -0.2) is 12.7 Å². The number of hydrogen-bond donors (Lipinski definition) is 0. The molecule has 1 aliphatic rings. The van der Waals surface area contributed by atoms with Crippen molar-refractivity contribution in [2.45, 2.75) is 18.7 Å². The second-order valence-corrected chi connectivity index (χ2v) is 9.81. The molecule has 1 heterocycles. The first kappa shape index (κ1) is 21.6. The predicted octanol–water partition coefficient (Wildman–Crippen LogP) is 2.75. The van der Waals surface area contributed by atoms with Crippen LogP contribution in [0.4, 0.5) is 5.69 Å². The number of ether oxygens (including phenoxy) is 1. The Labute approximate surface area is 174 Å². The number of sulfonamides is 1. The third kappa shape index (κ3) is 5.10. The summed E-state index contributed by atoms with van der Waals surface area (Å²) in [5.74, 6) is 0.691. The molecule has 6 nitrogen and oxygen atoms in total. The molecule has 2 aromatic rings. The van der Waals surface area contributed by atoms with Gasteiger partial charge in [0.2, 0.25) is 10.0 Å². The van der Waals surface area contributed by atoms with Crippen LogP contribution in [0, 0.1) is 13.8 Å². The van der Waals surface area contributed by atoms with E-state index in [4.69, 9.17) is 4.74 Å². The summed E-state index contributed by atoms with van der Waals surface area (Å²) in [6.45, 7) is 9.85. The Bertz CT molecular complexity index is 919. The molecule has 0 aromatic heterocycles. The molecule has 0 aliphatic carbocycles. The van der Waals surface area contributed by atoms with Crippen molar-refractivity contribution < 1.29 is 13.2 Å². The summed E-state index contributed by atoms with van der Waals surface area (Å²) in [7, 11) is -0.345. The highest BCUT2D eigenvalue weighted by molar-refractivity contribution is 7.89. The van der Waals surface area contributed by atoms with Gasteiger partial charge in [-0.1, -0.05) is 12.1 Å². The summed E-state index contributed by atoms with van der Waals surface area (Å²) < 4.78 is 31.2. The first-order chi connectivity index (χ1) is 13.8. The van der Waals surface area contributed by atoms with Crippen molar-refractivity contribution in [2.75, 3.05) is 58.3 Å². The Morgan fingerprint density at radius 3 is 2.24 bits per heavy atom. The summed E-state index contributed by atoms with van der Waals surface area (Å²) in [5.41, 5.74) is 4.04. The van der Waals surface area contributed by atoms with Gasteiger partial charge in [0, 0.05) is 52.5 Å². The molecule has 29 heavy (non-hydrogen) atoms. The van der Waals surface area contributed by atoms with Gasteiger partial charge in [0.25, 0.3) is 0 Å². The number of benzene rings is 2. The van der Waals surface area contributed by atoms with Crippen molar-refractivity contribution in [3.05, 3.63) is 53.6 Å². The van der Waals surface area contributed by atoms with E-state index in [1.807, 2.05) is 0 Å². The van der Waals surface area contributed by atoms with E-state index in [0.717, 1.165) is 32.7 Å². The van der Waals surface area contributed by atoms with Gasteiger partial charge >= 0.3 is 0 Å². The fourth-order valence-electron chi connectivity index (χ4n) is 3.50. The van der Waals surface area contributed by atoms with Crippen LogP contribution < -0.4 is 9.64 Å². The van der Waals surface area contributed by atoms with E-state index >= 15 is 0 Å². The topological polar surface area (TPSA) is 53.1 Å². The van der Waals surface area contributed by atoms with Crippen molar-refractivity contribution in [2.24, 2.45) is 0 Å². The first-order valence-electron chi connectivity index (χ1n) is 9.98.